The maximum atomic E-state index is 13.5. The van der Waals surface area contributed by atoms with E-state index in [1.165, 1.54) is 12.1 Å². The molecule has 168 valence electrons. The molecule has 0 saturated carbocycles. The molecule has 1 saturated heterocycles. The number of rotatable bonds is 3. The average Bonchev–Trinajstić information content (AvgIpc) is 2.83. The topological polar surface area (TPSA) is 62.3 Å². The zero-order valence-electron chi connectivity index (χ0n) is 18.6. The minimum absolute atomic E-state index is 0.00779. The fraction of sp³-hybridized carbons (Fsp3) is 0.296. The number of nitrogens with one attached hydrogen (secondary N) is 1. The van der Waals surface area contributed by atoms with Gasteiger partial charge in [0.05, 0.1) is 5.92 Å². The Labute approximate surface area is 192 Å². The predicted octanol–water partition coefficient (Wildman–Crippen LogP) is 5.03. The van der Waals surface area contributed by atoms with Crippen LogP contribution in [0.15, 0.2) is 60.7 Å². The monoisotopic (exact) mass is 443 g/mol. The van der Waals surface area contributed by atoms with Gasteiger partial charge in [-0.15, -0.1) is 0 Å². The van der Waals surface area contributed by atoms with Crippen LogP contribution in [0.25, 0.3) is 11.1 Å². The van der Waals surface area contributed by atoms with Crippen molar-refractivity contribution in [2.45, 2.75) is 38.0 Å². The smallest absolute Gasteiger partial charge is 0.230 e. The molecule has 5 rings (SSSR count). The quantitative estimate of drug-likeness (QED) is 0.618. The first-order valence-electron chi connectivity index (χ1n) is 11.4. The van der Waals surface area contributed by atoms with Crippen molar-refractivity contribution in [3.63, 3.8) is 0 Å². The fourth-order valence-corrected chi connectivity index (χ4v) is 4.98. The summed E-state index contributed by atoms with van der Waals surface area (Å²) in [5.41, 5.74) is 5.40. The molecule has 3 aromatic rings. The van der Waals surface area contributed by atoms with Crippen molar-refractivity contribution in [3.05, 3.63) is 83.4 Å². The van der Waals surface area contributed by atoms with Crippen LogP contribution in [0.2, 0.25) is 0 Å². The zero-order chi connectivity index (χ0) is 22.9. The molecular weight excluding hydrogens is 417 g/mol. The maximum Gasteiger partial charge on any atom is 0.230 e. The van der Waals surface area contributed by atoms with E-state index >= 15 is 0 Å². The highest BCUT2D eigenvalue weighted by molar-refractivity contribution is 6.01. The van der Waals surface area contributed by atoms with E-state index < -0.39 is 5.92 Å². The molecule has 33 heavy (non-hydrogen) atoms. The van der Waals surface area contributed by atoms with Gasteiger partial charge in [-0.05, 0) is 66.8 Å². The van der Waals surface area contributed by atoms with Gasteiger partial charge in [-0.1, -0.05) is 30.3 Å². The lowest BCUT2D eigenvalue weighted by Gasteiger charge is -2.36. The van der Waals surface area contributed by atoms with Crippen LogP contribution in [0.5, 0.6) is 0 Å². The summed E-state index contributed by atoms with van der Waals surface area (Å²) in [6.45, 7) is 3.23. The third kappa shape index (κ3) is 4.38. The van der Waals surface area contributed by atoms with E-state index in [1.54, 1.807) is 12.1 Å². The van der Waals surface area contributed by atoms with E-state index in [9.17, 15) is 14.0 Å². The molecule has 0 aliphatic carbocycles. The first-order valence-corrected chi connectivity index (χ1v) is 11.4. The molecule has 0 radical (unpaired) electrons. The second-order valence-electron chi connectivity index (χ2n) is 8.94. The van der Waals surface area contributed by atoms with Crippen LogP contribution in [0.4, 0.5) is 10.1 Å². The Morgan fingerprint density at radius 3 is 2.70 bits per heavy atom. The predicted molar refractivity (Wildman–Crippen MR) is 125 cm³/mol. The van der Waals surface area contributed by atoms with Crippen LogP contribution in [-0.2, 0) is 9.59 Å². The number of carbonyl (C=O) groups excluding carboxylic acids is 2. The number of hydrogen-bond donors (Lipinski definition) is 1. The number of halogens is 1. The average molecular weight is 444 g/mol. The zero-order valence-corrected chi connectivity index (χ0v) is 18.6. The Hall–Kier alpha value is -3.54. The van der Waals surface area contributed by atoms with E-state index in [2.05, 4.69) is 11.4 Å². The second kappa shape index (κ2) is 8.77. The van der Waals surface area contributed by atoms with Crippen molar-refractivity contribution in [1.29, 1.82) is 0 Å². The lowest BCUT2D eigenvalue weighted by molar-refractivity contribution is -0.136. The van der Waals surface area contributed by atoms with Gasteiger partial charge in [0.2, 0.25) is 11.8 Å². The summed E-state index contributed by atoms with van der Waals surface area (Å²) in [5.74, 6) is -0.703. The molecule has 2 atom stereocenters. The van der Waals surface area contributed by atoms with E-state index in [0.29, 0.717) is 13.1 Å². The second-order valence-corrected chi connectivity index (χ2v) is 8.94. The van der Waals surface area contributed by atoms with E-state index in [-0.39, 0.29) is 30.0 Å². The Morgan fingerprint density at radius 2 is 1.88 bits per heavy atom. The molecule has 1 aromatic heterocycles. The fourth-order valence-electron chi connectivity index (χ4n) is 4.98. The first-order chi connectivity index (χ1) is 16.0. The number of aromatic nitrogens is 1. The summed E-state index contributed by atoms with van der Waals surface area (Å²) >= 11 is 0. The van der Waals surface area contributed by atoms with E-state index in [4.69, 9.17) is 4.98 Å². The molecule has 2 aromatic carbocycles. The van der Waals surface area contributed by atoms with E-state index in [1.807, 2.05) is 42.2 Å². The number of carbonyl (C=O) groups is 2. The lowest BCUT2D eigenvalue weighted by Crippen LogP contribution is -2.43. The highest BCUT2D eigenvalue weighted by Crippen LogP contribution is 2.36. The first kappa shape index (κ1) is 21.3. The molecule has 0 bridgehead atoms. The number of nitrogens with zero attached hydrogens (tertiary/aromatic N) is 2. The number of piperidine rings is 1. The van der Waals surface area contributed by atoms with Gasteiger partial charge in [0.1, 0.15) is 5.82 Å². The molecule has 2 unspecified atom stereocenters. The number of hydrogen-bond acceptors (Lipinski definition) is 3. The van der Waals surface area contributed by atoms with Crippen molar-refractivity contribution < 1.29 is 14.0 Å². The third-order valence-electron chi connectivity index (χ3n) is 6.60. The highest BCUT2D eigenvalue weighted by atomic mass is 19.1. The number of benzene rings is 2. The largest absolute Gasteiger partial charge is 0.341 e. The van der Waals surface area contributed by atoms with Gasteiger partial charge in [-0.2, -0.15) is 0 Å². The molecular formula is C27H26FN3O2. The molecule has 2 amide bonds. The van der Waals surface area contributed by atoms with Crippen LogP contribution >= 0.6 is 0 Å². The standard InChI is InChI=1S/C27H26FN3O2/c1-17-13-20(18-8-10-21(28)11-9-18)14-25(29-17)19-5-4-12-31(16-19)27(33)23-15-26(32)30-24-7-3-2-6-22(23)24/h2-3,6-11,13-14,19,23H,4-5,12,15-16H2,1H3,(H,30,32). The van der Waals surface area contributed by atoms with Gasteiger partial charge < -0.3 is 10.2 Å². The van der Waals surface area contributed by atoms with Crippen molar-refractivity contribution in [2.75, 3.05) is 18.4 Å². The van der Waals surface area contributed by atoms with Crippen LogP contribution in [0.1, 0.15) is 48.0 Å². The minimum atomic E-state index is -0.450. The summed E-state index contributed by atoms with van der Waals surface area (Å²) in [7, 11) is 0. The number of amides is 2. The molecule has 2 aliphatic heterocycles. The van der Waals surface area contributed by atoms with Gasteiger partial charge >= 0.3 is 0 Å². The Balaban J connectivity index is 1.39. The van der Waals surface area contributed by atoms with Crippen molar-refractivity contribution >= 4 is 17.5 Å². The lowest BCUT2D eigenvalue weighted by atomic mass is 9.87. The normalized spacial score (nSPS) is 20.2. The SMILES string of the molecule is Cc1cc(-c2ccc(F)cc2)cc(C2CCCN(C(=O)C3CC(=O)Nc4ccccc43)C2)n1. The molecule has 6 heteroatoms. The molecule has 1 fully saturated rings. The number of fused-ring (bicyclic) bond motifs is 1. The Bertz CT molecular complexity index is 1210. The molecule has 0 spiro atoms. The number of anilines is 1. The van der Waals surface area contributed by atoms with Crippen LogP contribution in [-0.4, -0.2) is 34.8 Å². The third-order valence-corrected chi connectivity index (χ3v) is 6.60. The van der Waals surface area contributed by atoms with Crippen LogP contribution in [0, 0.1) is 12.7 Å². The number of likely N-dealkylation sites (tertiary alicyclic amines) is 1. The summed E-state index contributed by atoms with van der Waals surface area (Å²) in [5, 5.41) is 2.87. The van der Waals surface area contributed by atoms with Crippen molar-refractivity contribution in [2.24, 2.45) is 0 Å². The van der Waals surface area contributed by atoms with Gasteiger partial charge in [0.15, 0.2) is 0 Å². The molecule has 1 N–H and O–H groups in total. The maximum absolute atomic E-state index is 13.5. The number of para-hydroxylation sites is 1. The Morgan fingerprint density at radius 1 is 1.09 bits per heavy atom. The summed E-state index contributed by atoms with van der Waals surface area (Å²) in [6.07, 6.45) is 2.01. The molecule has 5 nitrogen and oxygen atoms in total. The number of pyridine rings is 1. The van der Waals surface area contributed by atoms with Gasteiger partial charge in [-0.25, -0.2) is 4.39 Å². The van der Waals surface area contributed by atoms with Gasteiger partial charge in [0.25, 0.3) is 0 Å². The molecule has 2 aliphatic rings. The van der Waals surface area contributed by atoms with Crippen molar-refractivity contribution in [3.8, 4) is 11.1 Å². The van der Waals surface area contributed by atoms with Crippen LogP contribution in [0.3, 0.4) is 0 Å². The minimum Gasteiger partial charge on any atom is -0.341 e. The number of aryl methyl sites for hydroxylation is 1. The highest BCUT2D eigenvalue weighted by Gasteiger charge is 2.35. The van der Waals surface area contributed by atoms with E-state index in [0.717, 1.165) is 46.6 Å². The van der Waals surface area contributed by atoms with Gasteiger partial charge in [0, 0.05) is 42.5 Å². The van der Waals surface area contributed by atoms with Gasteiger partial charge in [-0.3, -0.25) is 14.6 Å². The summed E-state index contributed by atoms with van der Waals surface area (Å²) in [6, 6.07) is 18.1. The molecule has 3 heterocycles. The summed E-state index contributed by atoms with van der Waals surface area (Å²) in [4.78, 5) is 32.4. The van der Waals surface area contributed by atoms with Crippen molar-refractivity contribution in [1.82, 2.24) is 9.88 Å². The van der Waals surface area contributed by atoms with Crippen LogP contribution < -0.4 is 5.32 Å². The Kier molecular flexibility index (Phi) is 5.67. The summed E-state index contributed by atoms with van der Waals surface area (Å²) < 4.78 is 13.4.